The molecule has 554 valence electrons. The zero-order valence-corrected chi connectivity index (χ0v) is 62.4. The first-order chi connectivity index (χ1) is 45.2. The van der Waals surface area contributed by atoms with Gasteiger partial charge in [0, 0.05) is 31.3 Å². The lowest BCUT2D eigenvalue weighted by molar-refractivity contribution is -0.152. The minimum atomic E-state index is -1.25. The molecule has 8 unspecified atom stereocenters. The summed E-state index contributed by atoms with van der Waals surface area (Å²) in [6.07, 6.45) is 14.1. The lowest BCUT2D eigenvalue weighted by Crippen LogP contribution is -2.48. The van der Waals surface area contributed by atoms with E-state index < -0.39 is 65.3 Å². The Kier molecular flexibility index (Phi) is 52.8. The Hall–Kier alpha value is -5.90. The van der Waals surface area contributed by atoms with Gasteiger partial charge in [0.2, 0.25) is 11.8 Å². The molecule has 0 bridgehead atoms. The van der Waals surface area contributed by atoms with Crippen LogP contribution in [0.3, 0.4) is 0 Å². The lowest BCUT2D eigenvalue weighted by Gasteiger charge is -2.28. The maximum atomic E-state index is 14.1. The highest BCUT2D eigenvalue weighted by atomic mass is 16.6. The summed E-state index contributed by atoms with van der Waals surface area (Å²) in [4.78, 5) is 152. The van der Waals surface area contributed by atoms with Crippen LogP contribution in [-0.4, -0.2) is 149 Å². The van der Waals surface area contributed by atoms with Crippen LogP contribution < -0.4 is 21.3 Å². The Balaban J connectivity index is 0. The van der Waals surface area contributed by atoms with Gasteiger partial charge in [0.25, 0.3) is 0 Å². The summed E-state index contributed by atoms with van der Waals surface area (Å²) in [6, 6.07) is -2.41. The molecule has 4 N–H and O–H groups in total. The van der Waals surface area contributed by atoms with Crippen molar-refractivity contribution in [2.45, 2.75) is 276 Å². The number of amides is 2. The molecule has 0 saturated heterocycles. The van der Waals surface area contributed by atoms with Crippen LogP contribution >= 0.6 is 0 Å². The molecule has 2 amide bonds. The molecule has 22 nitrogen and oxygen atoms in total. The summed E-state index contributed by atoms with van der Waals surface area (Å²) in [5.41, 5.74) is 0. The molecule has 0 spiro atoms. The zero-order valence-electron chi connectivity index (χ0n) is 62.4. The lowest BCUT2D eigenvalue weighted by atomic mass is 9.77. The molecule has 0 radical (unpaired) electrons. The van der Waals surface area contributed by atoms with Crippen molar-refractivity contribution in [3.8, 4) is 0 Å². The van der Waals surface area contributed by atoms with Gasteiger partial charge in [0.15, 0.2) is 5.78 Å². The number of hydrogen-bond acceptors (Lipinski definition) is 20. The summed E-state index contributed by atoms with van der Waals surface area (Å²) in [5, 5.41) is 11.3. The number of ether oxygens (including phenoxy) is 6. The molecule has 96 heavy (non-hydrogen) atoms. The summed E-state index contributed by atoms with van der Waals surface area (Å²) in [5.74, 6) is -6.95. The zero-order chi connectivity index (χ0) is 73.3. The highest BCUT2D eigenvalue weighted by Gasteiger charge is 2.39. The number of carbonyl (C=O) groups excluding carboxylic acids is 12. The van der Waals surface area contributed by atoms with Crippen LogP contribution in [-0.2, 0) is 86.0 Å². The first-order valence-corrected chi connectivity index (χ1v) is 35.8. The van der Waals surface area contributed by atoms with Gasteiger partial charge in [-0.25, -0.2) is 9.59 Å². The fraction of sp³-hybridized carbons (Fsp3) is 0.811. The Morgan fingerprint density at radius 2 is 0.625 bits per heavy atom. The van der Waals surface area contributed by atoms with E-state index in [4.69, 9.17) is 28.4 Å². The molecule has 0 saturated carbocycles. The fourth-order valence-electron chi connectivity index (χ4n) is 10.8. The molecule has 0 aromatic heterocycles. The quantitative estimate of drug-likeness (QED) is 0.0190. The average molecular weight is 1360 g/mol. The summed E-state index contributed by atoms with van der Waals surface area (Å²) >= 11 is 0. The normalized spacial score (nSPS) is 14.0. The first kappa shape index (κ1) is 92.2. The van der Waals surface area contributed by atoms with Crippen molar-refractivity contribution >= 4 is 70.8 Å². The number of ketones is 4. The number of hydrogen-bond donors (Lipinski definition) is 4. The van der Waals surface area contributed by atoms with Gasteiger partial charge < -0.3 is 59.3 Å². The minimum Gasteiger partial charge on any atom is -0.465 e. The number of unbranched alkanes of at least 4 members (excludes halogenated alkanes) is 9. The van der Waals surface area contributed by atoms with E-state index in [0.29, 0.717) is 88.9 Å². The van der Waals surface area contributed by atoms with Crippen LogP contribution in [0, 0.1) is 59.2 Å². The number of nitrogens with one attached hydrogen (secondary N) is 4. The highest BCUT2D eigenvalue weighted by molar-refractivity contribution is 5.98. The third-order valence-corrected chi connectivity index (χ3v) is 15.7. The number of carbonyl (C=O) groups is 12. The van der Waals surface area contributed by atoms with E-state index in [0.717, 1.165) is 76.4 Å². The predicted molar refractivity (Wildman–Crippen MR) is 372 cm³/mol. The maximum Gasteiger partial charge on any atom is 0.328 e. The van der Waals surface area contributed by atoms with Crippen molar-refractivity contribution in [3.05, 3.63) is 12.2 Å². The van der Waals surface area contributed by atoms with Crippen molar-refractivity contribution < 1.29 is 86.0 Å². The third-order valence-electron chi connectivity index (χ3n) is 15.7. The van der Waals surface area contributed by atoms with Crippen molar-refractivity contribution in [1.82, 2.24) is 21.3 Å². The fourth-order valence-corrected chi connectivity index (χ4v) is 10.8. The van der Waals surface area contributed by atoms with Crippen LogP contribution in [0.2, 0.25) is 0 Å². The molecular formula is C74H130N4O18. The van der Waals surface area contributed by atoms with E-state index in [1.54, 1.807) is 14.1 Å². The molecule has 0 rings (SSSR count). The van der Waals surface area contributed by atoms with Crippen LogP contribution in [0.5, 0.6) is 0 Å². The van der Waals surface area contributed by atoms with Gasteiger partial charge in [-0.1, -0.05) is 90.0 Å². The SMILES string of the molecule is CCC(CC(C)C)C(=O)OCCCCCCOC(=O)C(CC(=O)C(CC(C)=O)C(CC(C)=O)C(=O)NC(CC(C)C)C(=O)OCCCCCCOC(=O)C(CC(C)C)NC)CC(C)C.CNC(CC(C)C)C(=O)OCCCCCCOC(=O)C(CC(C)C)NC(=O)/C=C/C(C)=O. The molecule has 8 atom stereocenters. The topological polar surface area (TPSA) is 308 Å². The number of esters is 6. The van der Waals surface area contributed by atoms with Crippen molar-refractivity contribution in [2.75, 3.05) is 53.7 Å². The molecule has 0 aromatic rings. The highest BCUT2D eigenvalue weighted by Crippen LogP contribution is 2.29. The average Bonchev–Trinajstić information content (AvgIpc) is 0.855. The molecular weight excluding hydrogens is 1230 g/mol. The summed E-state index contributed by atoms with van der Waals surface area (Å²) in [6.45, 7) is 31.4. The Morgan fingerprint density at radius 1 is 0.333 bits per heavy atom. The van der Waals surface area contributed by atoms with E-state index >= 15 is 0 Å². The van der Waals surface area contributed by atoms with Gasteiger partial charge in [-0.3, -0.25) is 38.4 Å². The summed E-state index contributed by atoms with van der Waals surface area (Å²) < 4.78 is 32.7. The third kappa shape index (κ3) is 47.9. The monoisotopic (exact) mass is 1360 g/mol. The van der Waals surface area contributed by atoms with E-state index in [1.807, 2.05) is 62.3 Å². The predicted octanol–water partition coefficient (Wildman–Crippen LogP) is 11.3. The largest absolute Gasteiger partial charge is 0.465 e. The number of allylic oxidation sites excluding steroid dienone is 1. The second-order valence-corrected chi connectivity index (χ2v) is 28.3. The van der Waals surface area contributed by atoms with E-state index in [9.17, 15) is 57.5 Å². The van der Waals surface area contributed by atoms with Crippen LogP contribution in [0.25, 0.3) is 0 Å². The second-order valence-electron chi connectivity index (χ2n) is 28.3. The van der Waals surface area contributed by atoms with Crippen LogP contribution in [0.15, 0.2) is 12.2 Å². The standard InChI is InChI=1S/C50H88N2O12.C24H42N2O6/c1-13-39(26-33(2)3)47(57)61-22-18-14-15-19-23-62-48(58)40(27-34(4)5)32-45(55)41(30-37(10)53)42(31-38(11)54)46(56)52-44(29-36(8)9)50(60)64-25-21-17-16-20-24-63-49(59)43(51-12)28-35(6)7;1-17(2)15-20(25-6)23(29)31-13-9-7-8-10-14-32-24(30)21(16-18(3)4)26-22(28)12-11-19(5)27/h33-36,39-44,51H,13-32H2,1-12H3,(H,52,56);11-12,17-18,20-21,25H,7-10,13-16H2,1-6H3,(H,26,28)/b;12-11+. The van der Waals surface area contributed by atoms with Gasteiger partial charge in [0.05, 0.1) is 57.4 Å². The Bertz CT molecular complexity index is 2210. The molecule has 0 aromatic carbocycles. The molecule has 0 fully saturated rings. The van der Waals surface area contributed by atoms with Crippen LogP contribution in [0.1, 0.15) is 252 Å². The molecule has 0 aliphatic heterocycles. The molecule has 0 aliphatic rings. The molecule has 0 aliphatic carbocycles. The van der Waals surface area contributed by atoms with Crippen LogP contribution in [0.4, 0.5) is 0 Å². The molecule has 22 heteroatoms. The molecule has 0 heterocycles. The Labute approximate surface area is 577 Å². The van der Waals surface area contributed by atoms with Crippen molar-refractivity contribution in [2.24, 2.45) is 59.2 Å². The van der Waals surface area contributed by atoms with Crippen molar-refractivity contribution in [3.63, 3.8) is 0 Å². The van der Waals surface area contributed by atoms with Gasteiger partial charge in [0.1, 0.15) is 41.5 Å². The summed E-state index contributed by atoms with van der Waals surface area (Å²) in [7, 11) is 3.50. The van der Waals surface area contributed by atoms with E-state index in [2.05, 4.69) is 49.0 Å². The van der Waals surface area contributed by atoms with Gasteiger partial charge in [-0.05, 0) is 198 Å². The smallest absolute Gasteiger partial charge is 0.328 e. The van der Waals surface area contributed by atoms with Gasteiger partial charge in [-0.2, -0.15) is 0 Å². The number of Topliss-reactive ketones (excluding diaryl/α,β-unsaturated/α-hetero) is 3. The maximum absolute atomic E-state index is 14.1. The van der Waals surface area contributed by atoms with E-state index in [1.165, 1.54) is 20.8 Å². The number of likely N-dealkylation sites (N-methyl/N-ethyl adjacent to an activating group) is 2. The van der Waals surface area contributed by atoms with Gasteiger partial charge >= 0.3 is 35.8 Å². The van der Waals surface area contributed by atoms with E-state index in [-0.39, 0.29) is 117 Å². The number of rotatable bonds is 55. The van der Waals surface area contributed by atoms with Gasteiger partial charge in [-0.15, -0.1) is 0 Å². The second kappa shape index (κ2) is 55.0. The van der Waals surface area contributed by atoms with Crippen molar-refractivity contribution in [1.29, 1.82) is 0 Å². The minimum absolute atomic E-state index is 0.0231. The Morgan fingerprint density at radius 3 is 0.938 bits per heavy atom. The first-order valence-electron chi connectivity index (χ1n) is 35.8.